The van der Waals surface area contributed by atoms with Gasteiger partial charge in [0.2, 0.25) is 0 Å². The fraction of sp³-hybridized carbons (Fsp3) is 0.150. The molecule has 0 spiro atoms. The minimum Gasteiger partial charge on any atom is -0.468 e. The van der Waals surface area contributed by atoms with Gasteiger partial charge in [-0.3, -0.25) is 9.36 Å². The summed E-state index contributed by atoms with van der Waals surface area (Å²) in [6, 6.07) is 6.57. The molecule has 2 N–H and O–H groups in total. The van der Waals surface area contributed by atoms with E-state index in [-0.39, 0.29) is 26.9 Å². The fourth-order valence-electron chi connectivity index (χ4n) is 3.21. The van der Waals surface area contributed by atoms with Crippen molar-refractivity contribution in [3.8, 4) is 0 Å². The third kappa shape index (κ3) is 3.01. The number of nitrogens with two attached hydrogens (primary N) is 1. The average molecular weight is 428 g/mol. The van der Waals surface area contributed by atoms with E-state index in [1.165, 1.54) is 32.8 Å². The molecule has 3 aromatic heterocycles. The molecule has 9 nitrogen and oxygen atoms in total. The summed E-state index contributed by atoms with van der Waals surface area (Å²) < 4.78 is 21.6. The van der Waals surface area contributed by atoms with E-state index >= 15 is 0 Å². The highest BCUT2D eigenvalue weighted by molar-refractivity contribution is 8.10. The van der Waals surface area contributed by atoms with Crippen molar-refractivity contribution in [3.63, 3.8) is 0 Å². The van der Waals surface area contributed by atoms with Gasteiger partial charge in [-0.05, 0) is 30.3 Å². The van der Waals surface area contributed by atoms with Crippen LogP contribution in [0.25, 0.3) is 11.0 Å². The highest BCUT2D eigenvalue weighted by Crippen LogP contribution is 2.39. The number of carbonyl (C=O) groups excluding carboxylic acids is 3. The maximum Gasteiger partial charge on any atom is 0.357 e. The molecule has 4 rings (SSSR count). The molecule has 4 heterocycles. The zero-order valence-corrected chi connectivity index (χ0v) is 16.7. The van der Waals surface area contributed by atoms with E-state index in [2.05, 4.69) is 0 Å². The van der Waals surface area contributed by atoms with Gasteiger partial charge in [0.15, 0.2) is 5.69 Å². The van der Waals surface area contributed by atoms with E-state index in [9.17, 15) is 14.4 Å². The molecule has 0 unspecified atom stereocenters. The highest BCUT2D eigenvalue weighted by atomic mass is 32.2. The summed E-state index contributed by atoms with van der Waals surface area (Å²) in [5.41, 5.74) is 6.05. The zero-order chi connectivity index (χ0) is 21.4. The van der Waals surface area contributed by atoms with E-state index in [4.69, 9.17) is 24.0 Å². The molecule has 30 heavy (non-hydrogen) atoms. The first-order chi connectivity index (χ1) is 14.5. The van der Waals surface area contributed by atoms with Gasteiger partial charge < -0.3 is 24.0 Å². The van der Waals surface area contributed by atoms with Crippen molar-refractivity contribution in [1.29, 1.82) is 0 Å². The monoisotopic (exact) mass is 428 g/mol. The minimum absolute atomic E-state index is 0.0244. The number of hydrogen-bond acceptors (Lipinski definition) is 9. The summed E-state index contributed by atoms with van der Waals surface area (Å²) in [5, 5.41) is -0.522. The summed E-state index contributed by atoms with van der Waals surface area (Å²) >= 11 is 0.961. The molecule has 154 valence electrons. The third-order valence-electron chi connectivity index (χ3n) is 4.52. The molecule has 1 aliphatic rings. The van der Waals surface area contributed by atoms with Crippen molar-refractivity contribution in [2.45, 2.75) is 5.25 Å². The topological polar surface area (TPSA) is 127 Å². The quantitative estimate of drug-likeness (QED) is 0.611. The Morgan fingerprint density at radius 2 is 1.83 bits per heavy atom. The lowest BCUT2D eigenvalue weighted by molar-refractivity contribution is -0.133. The zero-order valence-electron chi connectivity index (χ0n) is 15.9. The number of aromatic nitrogens is 1. The minimum atomic E-state index is -0.923. The van der Waals surface area contributed by atoms with Gasteiger partial charge in [0.1, 0.15) is 21.7 Å². The Balaban J connectivity index is 2.13. The molecule has 1 atom stereocenters. The van der Waals surface area contributed by atoms with Crippen LogP contribution in [0.5, 0.6) is 0 Å². The number of ether oxygens (including phenoxy) is 2. The van der Waals surface area contributed by atoms with Gasteiger partial charge in [-0.25, -0.2) is 9.59 Å². The van der Waals surface area contributed by atoms with Crippen molar-refractivity contribution < 1.29 is 32.7 Å². The number of thioether (sulfide) groups is 1. The maximum absolute atomic E-state index is 13.4. The predicted molar refractivity (Wildman–Crippen MR) is 107 cm³/mol. The number of nitrogen functional groups attached to an aromatic ring is 1. The SMILES string of the molecule is COC(=O)C1=c2/c(=C/c3ccco3)c(N)c(C(=O)OC)n2C(=O)[C@@H](c2ccco2)S1. The molecule has 3 aromatic rings. The Morgan fingerprint density at radius 3 is 2.43 bits per heavy atom. The number of methoxy groups -OCH3 is 2. The van der Waals surface area contributed by atoms with E-state index in [1.54, 1.807) is 24.3 Å². The molecule has 0 saturated carbocycles. The first-order valence-electron chi connectivity index (χ1n) is 8.68. The summed E-state index contributed by atoms with van der Waals surface area (Å²) in [7, 11) is 2.40. The standard InChI is InChI=1S/C20H16N2O7S/c1-26-19(24)15-13(21)11(9-10-5-3-7-28-10)14-17(20(25)27-2)30-16(18(23)22(14)15)12-6-4-8-29-12/h3-9,16H,21H2,1-2H3/b11-9+/t16-/m1/s1. The number of carbonyl (C=O) groups is 3. The van der Waals surface area contributed by atoms with Gasteiger partial charge in [-0.2, -0.15) is 0 Å². The number of anilines is 1. The van der Waals surface area contributed by atoms with Crippen LogP contribution in [0.4, 0.5) is 5.69 Å². The Bertz CT molecular complexity index is 1250. The molecule has 0 aromatic carbocycles. The van der Waals surface area contributed by atoms with E-state index in [1.807, 2.05) is 0 Å². The molecular weight excluding hydrogens is 412 g/mol. The normalized spacial score (nSPS) is 16.5. The second kappa shape index (κ2) is 7.64. The van der Waals surface area contributed by atoms with Crippen LogP contribution in [0, 0.1) is 0 Å². The van der Waals surface area contributed by atoms with Crippen LogP contribution < -0.4 is 16.3 Å². The van der Waals surface area contributed by atoms with Gasteiger partial charge in [0, 0.05) is 5.22 Å². The van der Waals surface area contributed by atoms with Crippen LogP contribution in [0.1, 0.15) is 32.1 Å². The van der Waals surface area contributed by atoms with Crippen LogP contribution in [0.15, 0.2) is 45.6 Å². The van der Waals surface area contributed by atoms with Crippen LogP contribution in [0.2, 0.25) is 0 Å². The van der Waals surface area contributed by atoms with E-state index < -0.39 is 23.1 Å². The molecule has 0 fully saturated rings. The van der Waals surface area contributed by atoms with E-state index in [0.717, 1.165) is 16.3 Å². The summed E-state index contributed by atoms with van der Waals surface area (Å²) in [4.78, 5) is 38.7. The Hall–Kier alpha value is -3.66. The van der Waals surface area contributed by atoms with Gasteiger partial charge in [0.05, 0.1) is 37.8 Å². The Morgan fingerprint density at radius 1 is 1.13 bits per heavy atom. The average Bonchev–Trinajstić information content (AvgIpc) is 3.50. The van der Waals surface area contributed by atoms with Crippen LogP contribution in [-0.4, -0.2) is 36.6 Å². The summed E-state index contributed by atoms with van der Waals surface area (Å²) in [5.74, 6) is -1.29. The molecule has 0 amide bonds. The predicted octanol–water partition coefficient (Wildman–Crippen LogP) is 1.28. The Kier molecular flexibility index (Phi) is 5.00. The summed E-state index contributed by atoms with van der Waals surface area (Å²) in [6.07, 6.45) is 4.42. The van der Waals surface area contributed by atoms with Crippen LogP contribution >= 0.6 is 11.8 Å². The molecule has 0 bridgehead atoms. The maximum atomic E-state index is 13.4. The largest absolute Gasteiger partial charge is 0.468 e. The van der Waals surface area contributed by atoms with E-state index in [0.29, 0.717) is 11.5 Å². The van der Waals surface area contributed by atoms with Crippen LogP contribution in [0.3, 0.4) is 0 Å². The molecule has 10 heteroatoms. The van der Waals surface area contributed by atoms with Gasteiger partial charge in [-0.15, -0.1) is 0 Å². The van der Waals surface area contributed by atoms with Crippen LogP contribution in [-0.2, 0) is 14.3 Å². The van der Waals surface area contributed by atoms with Gasteiger partial charge >= 0.3 is 11.9 Å². The molecule has 0 aliphatic carbocycles. The van der Waals surface area contributed by atoms with Crippen molar-refractivity contribution in [2.75, 3.05) is 20.0 Å². The van der Waals surface area contributed by atoms with Gasteiger partial charge in [-0.1, -0.05) is 11.8 Å². The van der Waals surface area contributed by atoms with Crippen molar-refractivity contribution >= 4 is 46.3 Å². The van der Waals surface area contributed by atoms with Crippen molar-refractivity contribution in [1.82, 2.24) is 4.57 Å². The van der Waals surface area contributed by atoms with Gasteiger partial charge in [0.25, 0.3) is 5.91 Å². The number of fused-ring (bicyclic) bond motifs is 1. The number of hydrogen-bond donors (Lipinski definition) is 1. The first-order valence-corrected chi connectivity index (χ1v) is 9.56. The second-order valence-corrected chi connectivity index (χ2v) is 7.30. The number of nitrogens with zero attached hydrogens (tertiary/aromatic N) is 1. The summed E-state index contributed by atoms with van der Waals surface area (Å²) in [6.45, 7) is 0. The lowest BCUT2D eigenvalue weighted by Gasteiger charge is -2.21. The fourth-order valence-corrected chi connectivity index (χ4v) is 4.40. The third-order valence-corrected chi connectivity index (χ3v) is 5.79. The lowest BCUT2D eigenvalue weighted by atomic mass is 10.2. The Labute approximate surface area is 173 Å². The lowest BCUT2D eigenvalue weighted by Crippen LogP contribution is -2.42. The highest BCUT2D eigenvalue weighted by Gasteiger charge is 2.39. The first kappa shape index (κ1) is 19.6. The van der Waals surface area contributed by atoms with Crippen molar-refractivity contribution in [2.24, 2.45) is 0 Å². The molecule has 0 radical (unpaired) electrons. The number of rotatable bonds is 4. The smallest absolute Gasteiger partial charge is 0.357 e. The molecule has 1 aliphatic heterocycles. The molecule has 0 saturated heterocycles. The second-order valence-electron chi connectivity index (χ2n) is 6.18. The number of esters is 2. The van der Waals surface area contributed by atoms with Crippen molar-refractivity contribution in [3.05, 3.63) is 64.6 Å². The number of furan rings is 2. The molecular formula is C20H16N2O7S.